The van der Waals surface area contributed by atoms with Crippen LogP contribution >= 0.6 is 0 Å². The first-order chi connectivity index (χ1) is 14.9. The molecule has 0 spiro atoms. The van der Waals surface area contributed by atoms with Crippen LogP contribution < -0.4 is 0 Å². The topological polar surface area (TPSA) is 58.9 Å². The second kappa shape index (κ2) is 15.2. The molecule has 0 bridgehead atoms. The van der Waals surface area contributed by atoms with E-state index in [1.165, 1.54) is 24.0 Å². The summed E-state index contributed by atoms with van der Waals surface area (Å²) in [5.74, 6) is 0. The Morgan fingerprint density at radius 2 is 1.00 bits per heavy atom. The summed E-state index contributed by atoms with van der Waals surface area (Å²) in [6.07, 6.45) is 4.61. The van der Waals surface area contributed by atoms with Crippen LogP contribution in [-0.4, -0.2) is 22.7 Å². The van der Waals surface area contributed by atoms with Crippen LogP contribution in [0.15, 0.2) is 60.7 Å². The summed E-state index contributed by atoms with van der Waals surface area (Å²) in [6.45, 7) is 17.3. The first-order valence-corrected chi connectivity index (χ1v) is 11.6. The van der Waals surface area contributed by atoms with Crippen molar-refractivity contribution >= 4 is 0 Å². The maximum absolute atomic E-state index is 7.90. The largest absolute Gasteiger partial charge is 0.252 e. The fourth-order valence-corrected chi connectivity index (χ4v) is 3.02. The van der Waals surface area contributed by atoms with Crippen molar-refractivity contribution < 1.29 is 20.3 Å². The molecular weight excluding hydrogens is 400 g/mol. The van der Waals surface area contributed by atoms with Crippen molar-refractivity contribution in [1.29, 1.82) is 0 Å². The summed E-state index contributed by atoms with van der Waals surface area (Å²) in [6, 6.07) is 21.6. The molecule has 4 heteroatoms. The van der Waals surface area contributed by atoms with E-state index < -0.39 is 5.60 Å². The van der Waals surface area contributed by atoms with Crippen molar-refractivity contribution in [3.8, 4) is 0 Å². The molecule has 0 aliphatic carbocycles. The Balaban J connectivity index is 0.000000571. The average molecular weight is 447 g/mol. The third-order valence-electron chi connectivity index (χ3n) is 5.92. The van der Waals surface area contributed by atoms with Crippen LogP contribution in [0, 0.1) is 0 Å². The zero-order valence-corrected chi connectivity index (χ0v) is 21.5. The molecular formula is C28H46O4. The molecule has 0 unspecified atom stereocenters. The molecule has 2 rings (SSSR count). The zero-order chi connectivity index (χ0) is 24.7. The zero-order valence-electron chi connectivity index (χ0n) is 21.5. The minimum atomic E-state index is -0.403. The highest BCUT2D eigenvalue weighted by molar-refractivity contribution is 5.35. The molecule has 2 aromatic rings. The first-order valence-electron chi connectivity index (χ1n) is 11.6. The molecule has 0 saturated carbocycles. The molecule has 0 aliphatic heterocycles. The summed E-state index contributed by atoms with van der Waals surface area (Å²) in [5, 5.41) is 15.8. The second-order valence-electron chi connectivity index (χ2n) is 10.1. The molecule has 2 aromatic carbocycles. The van der Waals surface area contributed by atoms with E-state index in [-0.39, 0.29) is 10.8 Å². The van der Waals surface area contributed by atoms with Gasteiger partial charge in [0.1, 0.15) is 0 Å². The molecule has 0 aliphatic rings. The van der Waals surface area contributed by atoms with Gasteiger partial charge in [-0.2, -0.15) is 0 Å². The van der Waals surface area contributed by atoms with E-state index in [1.807, 2.05) is 0 Å². The lowest BCUT2D eigenvalue weighted by molar-refractivity contribution is -0.306. The minimum absolute atomic E-state index is 0.0929. The van der Waals surface area contributed by atoms with Crippen LogP contribution in [0.5, 0.6) is 0 Å². The van der Waals surface area contributed by atoms with E-state index in [9.17, 15) is 0 Å². The lowest BCUT2D eigenvalue weighted by Crippen LogP contribution is -2.40. The van der Waals surface area contributed by atoms with E-state index in [0.717, 1.165) is 12.8 Å². The van der Waals surface area contributed by atoms with E-state index >= 15 is 0 Å². The molecule has 182 valence electrons. The Morgan fingerprint density at radius 1 is 0.625 bits per heavy atom. The molecule has 0 radical (unpaired) electrons. The van der Waals surface area contributed by atoms with Gasteiger partial charge in [-0.05, 0) is 49.1 Å². The van der Waals surface area contributed by atoms with E-state index in [1.54, 1.807) is 20.8 Å². The normalized spacial score (nSPS) is 11.7. The van der Waals surface area contributed by atoms with Gasteiger partial charge in [0.2, 0.25) is 0 Å². The minimum Gasteiger partial charge on any atom is -0.252 e. The lowest BCUT2D eigenvalue weighted by Gasteiger charge is -2.43. The molecule has 0 heterocycles. The highest BCUT2D eigenvalue weighted by Gasteiger charge is 2.39. The fraction of sp³-hybridized carbons (Fsp3) is 0.571. The predicted molar refractivity (Wildman–Crippen MR) is 135 cm³/mol. The van der Waals surface area contributed by atoms with E-state index in [2.05, 4.69) is 105 Å². The van der Waals surface area contributed by atoms with Gasteiger partial charge in [-0.25, -0.2) is 9.78 Å². The maximum atomic E-state index is 7.90. The lowest BCUT2D eigenvalue weighted by atomic mass is 9.61. The van der Waals surface area contributed by atoms with Gasteiger partial charge in [0, 0.05) is 0 Å². The average Bonchev–Trinajstić information content (AvgIpc) is 2.78. The second-order valence-corrected chi connectivity index (χ2v) is 10.1. The monoisotopic (exact) mass is 446 g/mol. The molecule has 32 heavy (non-hydrogen) atoms. The Bertz CT molecular complexity index is 633. The number of rotatable bonds is 8. The van der Waals surface area contributed by atoms with Crippen molar-refractivity contribution in [3.05, 3.63) is 71.8 Å². The molecule has 0 saturated heterocycles. The molecule has 0 aromatic heterocycles. The van der Waals surface area contributed by atoms with Crippen LogP contribution in [-0.2, 0) is 20.6 Å². The van der Waals surface area contributed by atoms with Crippen LogP contribution in [0.3, 0.4) is 0 Å². The van der Waals surface area contributed by atoms with Crippen molar-refractivity contribution in [1.82, 2.24) is 0 Å². The molecule has 0 amide bonds. The van der Waals surface area contributed by atoms with Crippen molar-refractivity contribution in [2.24, 2.45) is 0 Å². The maximum Gasteiger partial charge on any atom is 0.0949 e. The quantitative estimate of drug-likeness (QED) is 0.243. The smallest absolute Gasteiger partial charge is 0.0949 e. The van der Waals surface area contributed by atoms with Crippen LogP contribution in [0.25, 0.3) is 0 Å². The molecule has 0 atom stereocenters. The number of unbranched alkanes of at least 4 members (excludes halogenated alkanes) is 3. The van der Waals surface area contributed by atoms with Gasteiger partial charge in [-0.3, -0.25) is 10.5 Å². The van der Waals surface area contributed by atoms with Gasteiger partial charge in [0.05, 0.1) is 12.2 Å². The van der Waals surface area contributed by atoms with Crippen molar-refractivity contribution in [2.75, 3.05) is 6.61 Å². The van der Waals surface area contributed by atoms with E-state index in [0.29, 0.717) is 6.61 Å². The Kier molecular flexibility index (Phi) is 14.4. The number of hydrogen-bond acceptors (Lipinski definition) is 4. The number of hydrogen-bond donors (Lipinski definition) is 2. The van der Waals surface area contributed by atoms with Crippen LogP contribution in [0.1, 0.15) is 92.2 Å². The summed E-state index contributed by atoms with van der Waals surface area (Å²) >= 11 is 0. The molecule has 0 fully saturated rings. The van der Waals surface area contributed by atoms with Crippen molar-refractivity contribution in [3.63, 3.8) is 0 Å². The number of benzene rings is 2. The Labute approximate surface area is 196 Å². The molecule has 4 nitrogen and oxygen atoms in total. The van der Waals surface area contributed by atoms with Crippen molar-refractivity contribution in [2.45, 2.75) is 97.5 Å². The van der Waals surface area contributed by atoms with E-state index in [4.69, 9.17) is 10.5 Å². The summed E-state index contributed by atoms with van der Waals surface area (Å²) in [5.41, 5.74) is 2.56. The summed E-state index contributed by atoms with van der Waals surface area (Å²) in [4.78, 5) is 7.83. The van der Waals surface area contributed by atoms with Gasteiger partial charge in [0.25, 0.3) is 0 Å². The van der Waals surface area contributed by atoms with Crippen LogP contribution in [0.2, 0.25) is 0 Å². The standard InChI is InChI=1S/C18H22.C6H14O2.C4H10O2/c1-17(2,15-11-7-5-8-12-15)18(3,4)16-13-9-6-10-14-16;1-2-3-4-5-6-8-7;1-4(2,3)6-5/h5-14H,1-4H3;7H,2-6H2,1H3;5H,1-3H3. The first kappa shape index (κ1) is 30.3. The van der Waals surface area contributed by atoms with Gasteiger partial charge in [0.15, 0.2) is 0 Å². The van der Waals surface area contributed by atoms with Crippen LogP contribution in [0.4, 0.5) is 0 Å². The highest BCUT2D eigenvalue weighted by Crippen LogP contribution is 2.43. The van der Waals surface area contributed by atoms with Gasteiger partial charge in [-0.1, -0.05) is 115 Å². The predicted octanol–water partition coefficient (Wildman–Crippen LogP) is 8.27. The third-order valence-corrected chi connectivity index (χ3v) is 5.92. The SMILES string of the molecule is CC(C)(C)OO.CC(C)(c1ccccc1)C(C)(C)c1ccccc1.CCCCCCOO. The van der Waals surface area contributed by atoms with Gasteiger partial charge >= 0.3 is 0 Å². The summed E-state index contributed by atoms with van der Waals surface area (Å²) in [7, 11) is 0. The van der Waals surface area contributed by atoms with Gasteiger partial charge < -0.3 is 0 Å². The fourth-order valence-electron chi connectivity index (χ4n) is 3.02. The summed E-state index contributed by atoms with van der Waals surface area (Å²) < 4.78 is 0. The Morgan fingerprint density at radius 3 is 1.28 bits per heavy atom. The highest BCUT2D eigenvalue weighted by atomic mass is 17.1. The van der Waals surface area contributed by atoms with Gasteiger partial charge in [-0.15, -0.1) is 0 Å². The Hall–Kier alpha value is -1.72. The molecule has 2 N–H and O–H groups in total. The third kappa shape index (κ3) is 11.2.